The Morgan fingerprint density at radius 2 is 0.727 bits per heavy atom. The average molecular weight is 425 g/mol. The minimum atomic E-state index is 1.20. The molecular formula is C32H26N+. The number of nitrogens with zero attached hydrogens (tertiary/aromatic N) is 1. The lowest BCUT2D eigenvalue weighted by molar-refractivity contribution is -0.671. The Morgan fingerprint density at radius 1 is 0.394 bits per heavy atom. The van der Waals surface area contributed by atoms with Crippen LogP contribution in [-0.4, -0.2) is 0 Å². The molecule has 0 atom stereocenters. The Labute approximate surface area is 195 Å². The molecule has 33 heavy (non-hydrogen) atoms. The Hall–Kier alpha value is -4.23. The van der Waals surface area contributed by atoms with Gasteiger partial charge in [0, 0.05) is 12.1 Å². The topological polar surface area (TPSA) is 3.88 Å². The van der Waals surface area contributed by atoms with Crippen molar-refractivity contribution in [3.05, 3.63) is 162 Å². The molecule has 0 aliphatic rings. The van der Waals surface area contributed by atoms with Gasteiger partial charge in [-0.15, -0.1) is 0 Å². The first-order chi connectivity index (χ1) is 16.3. The van der Waals surface area contributed by atoms with Gasteiger partial charge >= 0.3 is 0 Å². The first-order valence-corrected chi connectivity index (χ1v) is 11.3. The first kappa shape index (κ1) is 20.7. The highest BCUT2D eigenvalue weighted by atomic mass is 14.9. The number of pyridine rings is 1. The van der Waals surface area contributed by atoms with Crippen LogP contribution in [0.1, 0.15) is 22.3 Å². The van der Waals surface area contributed by atoms with Crippen molar-refractivity contribution < 1.29 is 4.57 Å². The number of aromatic nitrogens is 1. The zero-order valence-electron chi connectivity index (χ0n) is 18.7. The Bertz CT molecular complexity index is 1310. The zero-order chi connectivity index (χ0) is 22.5. The van der Waals surface area contributed by atoms with Crippen LogP contribution in [0.25, 0.3) is 22.3 Å². The van der Waals surface area contributed by atoms with Gasteiger partial charge in [-0.2, -0.15) is 0 Å². The maximum absolute atomic E-state index is 2.25. The average Bonchev–Trinajstić information content (AvgIpc) is 2.89. The minimum absolute atomic E-state index is 1.20. The highest BCUT2D eigenvalue weighted by Crippen LogP contribution is 2.37. The molecule has 1 heterocycles. The Kier molecular flexibility index (Phi) is 5.95. The second-order valence-electron chi connectivity index (χ2n) is 8.18. The predicted molar refractivity (Wildman–Crippen MR) is 137 cm³/mol. The molecule has 5 rings (SSSR count). The van der Waals surface area contributed by atoms with Gasteiger partial charge in [-0.3, -0.25) is 0 Å². The molecule has 0 saturated carbocycles. The van der Waals surface area contributed by atoms with E-state index in [1.165, 1.54) is 44.5 Å². The minimum Gasteiger partial charge on any atom is -0.208 e. The molecule has 5 aromatic rings. The summed E-state index contributed by atoms with van der Waals surface area (Å²) in [7, 11) is 2.04. The van der Waals surface area contributed by atoms with Crippen molar-refractivity contribution in [1.82, 2.24) is 0 Å². The van der Waals surface area contributed by atoms with Crippen molar-refractivity contribution >= 4 is 11.1 Å². The molecule has 158 valence electrons. The standard InChI is InChI=1S/C32H26N/c1-33-23-21-26(22-24-33)25-17-19-30(20-18-25)32(29-15-9-4-10-16-29)31(27-11-5-2-6-12-27)28-13-7-3-8-14-28/h2-24H,1H3/q+1. The van der Waals surface area contributed by atoms with Crippen molar-refractivity contribution in [1.29, 1.82) is 0 Å². The Morgan fingerprint density at radius 3 is 1.12 bits per heavy atom. The number of rotatable bonds is 5. The van der Waals surface area contributed by atoms with E-state index in [2.05, 4.69) is 144 Å². The van der Waals surface area contributed by atoms with Crippen LogP contribution in [0.5, 0.6) is 0 Å². The van der Waals surface area contributed by atoms with E-state index < -0.39 is 0 Å². The molecule has 0 amide bonds. The summed E-state index contributed by atoms with van der Waals surface area (Å²) in [5, 5.41) is 0. The van der Waals surface area contributed by atoms with Crippen molar-refractivity contribution in [3.8, 4) is 11.1 Å². The third-order valence-corrected chi connectivity index (χ3v) is 5.92. The van der Waals surface area contributed by atoms with Crippen LogP contribution in [-0.2, 0) is 7.05 Å². The van der Waals surface area contributed by atoms with Gasteiger partial charge in [0.05, 0.1) is 0 Å². The highest BCUT2D eigenvalue weighted by Gasteiger charge is 2.16. The molecule has 1 nitrogen and oxygen atoms in total. The van der Waals surface area contributed by atoms with E-state index in [1.54, 1.807) is 0 Å². The highest BCUT2D eigenvalue weighted by molar-refractivity contribution is 6.04. The van der Waals surface area contributed by atoms with Gasteiger partial charge in [0.1, 0.15) is 7.05 Å². The number of hydrogen-bond donors (Lipinski definition) is 0. The maximum atomic E-state index is 2.25. The molecule has 0 aliphatic carbocycles. The second-order valence-corrected chi connectivity index (χ2v) is 8.18. The molecule has 1 aromatic heterocycles. The molecule has 0 fully saturated rings. The van der Waals surface area contributed by atoms with Crippen LogP contribution < -0.4 is 4.57 Å². The summed E-state index contributed by atoms with van der Waals surface area (Å²) in [6, 6.07) is 45.3. The largest absolute Gasteiger partial charge is 0.208 e. The third-order valence-electron chi connectivity index (χ3n) is 5.92. The Balaban J connectivity index is 1.73. The number of hydrogen-bond acceptors (Lipinski definition) is 0. The quantitative estimate of drug-likeness (QED) is 0.208. The van der Waals surface area contributed by atoms with E-state index >= 15 is 0 Å². The summed E-state index contributed by atoms with van der Waals surface area (Å²) < 4.78 is 2.06. The monoisotopic (exact) mass is 424 g/mol. The van der Waals surface area contributed by atoms with Gasteiger partial charge in [0.2, 0.25) is 0 Å². The van der Waals surface area contributed by atoms with Crippen LogP contribution >= 0.6 is 0 Å². The van der Waals surface area contributed by atoms with Gasteiger partial charge in [0.25, 0.3) is 0 Å². The SMILES string of the molecule is C[n+]1ccc(-c2ccc(C(=C(c3ccccc3)c3ccccc3)c3ccccc3)cc2)cc1. The van der Waals surface area contributed by atoms with E-state index in [0.29, 0.717) is 0 Å². The molecule has 0 unspecified atom stereocenters. The summed E-state index contributed by atoms with van der Waals surface area (Å²) in [6.45, 7) is 0. The predicted octanol–water partition coefficient (Wildman–Crippen LogP) is 7.19. The molecular weight excluding hydrogens is 398 g/mol. The summed E-state index contributed by atoms with van der Waals surface area (Å²) in [4.78, 5) is 0. The molecule has 0 bridgehead atoms. The summed E-state index contributed by atoms with van der Waals surface area (Å²) >= 11 is 0. The van der Waals surface area contributed by atoms with Gasteiger partial charge in [-0.25, -0.2) is 4.57 Å². The third kappa shape index (κ3) is 4.53. The van der Waals surface area contributed by atoms with Gasteiger partial charge in [-0.05, 0) is 44.5 Å². The number of aryl methyl sites for hydroxylation is 1. The molecule has 0 aliphatic heterocycles. The van der Waals surface area contributed by atoms with E-state index in [0.717, 1.165) is 0 Å². The molecule has 0 saturated heterocycles. The van der Waals surface area contributed by atoms with Gasteiger partial charge in [0.15, 0.2) is 12.4 Å². The fraction of sp³-hybridized carbons (Fsp3) is 0.0312. The lowest BCUT2D eigenvalue weighted by atomic mass is 9.85. The van der Waals surface area contributed by atoms with Crippen molar-refractivity contribution in [2.45, 2.75) is 0 Å². The second kappa shape index (κ2) is 9.50. The van der Waals surface area contributed by atoms with E-state index in [-0.39, 0.29) is 0 Å². The van der Waals surface area contributed by atoms with Crippen molar-refractivity contribution in [2.24, 2.45) is 7.05 Å². The zero-order valence-corrected chi connectivity index (χ0v) is 18.7. The fourth-order valence-electron chi connectivity index (χ4n) is 4.25. The lowest BCUT2D eigenvalue weighted by Crippen LogP contribution is -2.25. The van der Waals surface area contributed by atoms with Crippen LogP contribution in [0, 0.1) is 0 Å². The van der Waals surface area contributed by atoms with Gasteiger partial charge in [-0.1, -0.05) is 115 Å². The molecule has 0 spiro atoms. The number of benzene rings is 4. The van der Waals surface area contributed by atoms with E-state index in [1.807, 2.05) is 7.05 Å². The summed E-state index contributed by atoms with van der Waals surface area (Å²) in [5.41, 5.74) is 9.74. The normalized spacial score (nSPS) is 10.6. The lowest BCUT2D eigenvalue weighted by Gasteiger charge is -2.18. The van der Waals surface area contributed by atoms with Crippen LogP contribution in [0.3, 0.4) is 0 Å². The molecule has 1 heteroatoms. The first-order valence-electron chi connectivity index (χ1n) is 11.3. The van der Waals surface area contributed by atoms with Crippen LogP contribution in [0.4, 0.5) is 0 Å². The van der Waals surface area contributed by atoms with Crippen molar-refractivity contribution in [3.63, 3.8) is 0 Å². The van der Waals surface area contributed by atoms with Crippen molar-refractivity contribution in [2.75, 3.05) is 0 Å². The maximum Gasteiger partial charge on any atom is 0.169 e. The molecule has 4 aromatic carbocycles. The van der Waals surface area contributed by atoms with E-state index in [9.17, 15) is 0 Å². The van der Waals surface area contributed by atoms with Gasteiger partial charge < -0.3 is 0 Å². The molecule has 0 N–H and O–H groups in total. The van der Waals surface area contributed by atoms with E-state index in [4.69, 9.17) is 0 Å². The summed E-state index contributed by atoms with van der Waals surface area (Å²) in [5.74, 6) is 0. The van der Waals surface area contributed by atoms with Crippen LogP contribution in [0.2, 0.25) is 0 Å². The summed E-state index contributed by atoms with van der Waals surface area (Å²) in [6.07, 6.45) is 4.17. The smallest absolute Gasteiger partial charge is 0.169 e. The fourth-order valence-corrected chi connectivity index (χ4v) is 4.25. The molecule has 0 radical (unpaired) electrons. The van der Waals surface area contributed by atoms with Crippen LogP contribution in [0.15, 0.2) is 140 Å².